The number of hydrogen-bond donors (Lipinski definition) is 1. The van der Waals surface area contributed by atoms with Crippen molar-refractivity contribution in [3.05, 3.63) is 23.7 Å². The second-order valence-corrected chi connectivity index (χ2v) is 3.90. The van der Waals surface area contributed by atoms with E-state index in [1.165, 1.54) is 4.90 Å². The first-order valence-electron chi connectivity index (χ1n) is 5.51. The molecule has 0 radical (unpaired) electrons. The fourth-order valence-corrected chi connectivity index (χ4v) is 1.62. The van der Waals surface area contributed by atoms with Crippen molar-refractivity contribution < 1.29 is 17.6 Å². The molecule has 0 atom stereocenters. The van der Waals surface area contributed by atoms with E-state index in [1.54, 1.807) is 12.1 Å². The van der Waals surface area contributed by atoms with Crippen LogP contribution in [0.3, 0.4) is 0 Å². The van der Waals surface area contributed by atoms with Crippen LogP contribution in [0.4, 0.5) is 13.2 Å². The van der Waals surface area contributed by atoms with Gasteiger partial charge in [-0.1, -0.05) is 6.92 Å². The monoisotopic (exact) mass is 250 g/mol. The summed E-state index contributed by atoms with van der Waals surface area (Å²) in [5.74, 6) is 1.10. The van der Waals surface area contributed by atoms with Gasteiger partial charge < -0.3 is 10.2 Å². The molecule has 0 saturated carbocycles. The SMILES string of the molecule is CCCN(Cc1ccc(CN)o1)CC(F)(F)F. The Morgan fingerprint density at radius 2 is 1.94 bits per heavy atom. The van der Waals surface area contributed by atoms with E-state index in [9.17, 15) is 13.2 Å². The number of rotatable bonds is 6. The third kappa shape index (κ3) is 5.23. The van der Waals surface area contributed by atoms with Gasteiger partial charge in [-0.2, -0.15) is 13.2 Å². The van der Waals surface area contributed by atoms with Crippen LogP contribution in [0.5, 0.6) is 0 Å². The summed E-state index contributed by atoms with van der Waals surface area (Å²) in [7, 11) is 0. The summed E-state index contributed by atoms with van der Waals surface area (Å²) in [5, 5.41) is 0. The van der Waals surface area contributed by atoms with Crippen molar-refractivity contribution in [2.45, 2.75) is 32.6 Å². The summed E-state index contributed by atoms with van der Waals surface area (Å²) >= 11 is 0. The molecule has 0 aliphatic carbocycles. The van der Waals surface area contributed by atoms with E-state index in [-0.39, 0.29) is 13.1 Å². The second kappa shape index (κ2) is 6.07. The van der Waals surface area contributed by atoms with Crippen LogP contribution in [-0.2, 0) is 13.1 Å². The Morgan fingerprint density at radius 3 is 2.41 bits per heavy atom. The van der Waals surface area contributed by atoms with Gasteiger partial charge in [0.1, 0.15) is 11.5 Å². The van der Waals surface area contributed by atoms with Crippen LogP contribution in [0.2, 0.25) is 0 Å². The number of nitrogens with zero attached hydrogens (tertiary/aromatic N) is 1. The quantitative estimate of drug-likeness (QED) is 0.843. The molecule has 0 aliphatic rings. The van der Waals surface area contributed by atoms with Crippen LogP contribution >= 0.6 is 0 Å². The van der Waals surface area contributed by atoms with E-state index in [2.05, 4.69) is 0 Å². The summed E-state index contributed by atoms with van der Waals surface area (Å²) < 4.78 is 42.2. The Hall–Kier alpha value is -1.01. The van der Waals surface area contributed by atoms with E-state index in [4.69, 9.17) is 10.2 Å². The molecule has 98 valence electrons. The largest absolute Gasteiger partial charge is 0.463 e. The molecule has 0 bridgehead atoms. The van der Waals surface area contributed by atoms with Gasteiger partial charge in [0.2, 0.25) is 0 Å². The molecule has 1 aromatic rings. The Kier molecular flexibility index (Phi) is 5.02. The smallest absolute Gasteiger partial charge is 0.401 e. The van der Waals surface area contributed by atoms with E-state index < -0.39 is 12.7 Å². The molecule has 0 unspecified atom stereocenters. The maximum atomic E-state index is 12.3. The van der Waals surface area contributed by atoms with Gasteiger partial charge >= 0.3 is 6.18 Å². The van der Waals surface area contributed by atoms with Crippen molar-refractivity contribution >= 4 is 0 Å². The standard InChI is InChI=1S/C11H17F3N2O/c1-2-5-16(8-11(12,13)14)7-10-4-3-9(6-15)17-10/h3-4H,2,5-8,15H2,1H3. The van der Waals surface area contributed by atoms with Crippen LogP contribution in [0.1, 0.15) is 24.9 Å². The van der Waals surface area contributed by atoms with E-state index in [0.717, 1.165) is 0 Å². The predicted octanol–water partition coefficient (Wildman–Crippen LogP) is 2.51. The lowest BCUT2D eigenvalue weighted by atomic mass is 10.3. The minimum absolute atomic E-state index is 0.160. The highest BCUT2D eigenvalue weighted by molar-refractivity contribution is 5.06. The summed E-state index contributed by atoms with van der Waals surface area (Å²) in [6, 6.07) is 3.36. The molecule has 17 heavy (non-hydrogen) atoms. The second-order valence-electron chi connectivity index (χ2n) is 3.90. The molecule has 0 aliphatic heterocycles. The summed E-state index contributed by atoms with van der Waals surface area (Å²) in [4.78, 5) is 1.32. The molecule has 1 heterocycles. The van der Waals surface area contributed by atoms with Gasteiger partial charge in [0.25, 0.3) is 0 Å². The molecule has 0 aromatic carbocycles. The van der Waals surface area contributed by atoms with Crippen molar-refractivity contribution in [1.29, 1.82) is 0 Å². The highest BCUT2D eigenvalue weighted by Crippen LogP contribution is 2.19. The van der Waals surface area contributed by atoms with Crippen LogP contribution < -0.4 is 5.73 Å². The van der Waals surface area contributed by atoms with E-state index >= 15 is 0 Å². The lowest BCUT2D eigenvalue weighted by Gasteiger charge is -2.21. The molecule has 6 heteroatoms. The Morgan fingerprint density at radius 1 is 1.29 bits per heavy atom. The fraction of sp³-hybridized carbons (Fsp3) is 0.636. The van der Waals surface area contributed by atoms with Crippen LogP contribution in [-0.4, -0.2) is 24.2 Å². The lowest BCUT2D eigenvalue weighted by Crippen LogP contribution is -2.34. The molecule has 1 aromatic heterocycles. The maximum absolute atomic E-state index is 12.3. The fourth-order valence-electron chi connectivity index (χ4n) is 1.62. The van der Waals surface area contributed by atoms with Gasteiger partial charge in [0.05, 0.1) is 19.6 Å². The molecule has 3 nitrogen and oxygen atoms in total. The number of halogens is 3. The molecule has 0 saturated heterocycles. The normalized spacial score (nSPS) is 12.4. The summed E-state index contributed by atoms with van der Waals surface area (Å²) in [5.41, 5.74) is 5.37. The minimum Gasteiger partial charge on any atom is -0.463 e. The first-order chi connectivity index (χ1) is 7.94. The Balaban J connectivity index is 2.59. The third-order valence-electron chi connectivity index (χ3n) is 2.24. The molecular weight excluding hydrogens is 233 g/mol. The molecule has 0 spiro atoms. The minimum atomic E-state index is -4.18. The van der Waals surface area contributed by atoms with Gasteiger partial charge in [-0.3, -0.25) is 4.90 Å². The van der Waals surface area contributed by atoms with Crippen molar-refractivity contribution in [1.82, 2.24) is 4.90 Å². The van der Waals surface area contributed by atoms with Crippen LogP contribution in [0.25, 0.3) is 0 Å². The van der Waals surface area contributed by atoms with Crippen molar-refractivity contribution in [3.8, 4) is 0 Å². The highest BCUT2D eigenvalue weighted by Gasteiger charge is 2.30. The molecular formula is C11H17F3N2O. The van der Waals surface area contributed by atoms with E-state index in [1.807, 2.05) is 6.92 Å². The molecule has 0 amide bonds. The number of alkyl halides is 3. The number of hydrogen-bond acceptors (Lipinski definition) is 3. The molecule has 1 rings (SSSR count). The van der Waals surface area contributed by atoms with Crippen molar-refractivity contribution in [2.24, 2.45) is 5.73 Å². The molecule has 2 N–H and O–H groups in total. The van der Waals surface area contributed by atoms with Gasteiger partial charge in [-0.25, -0.2) is 0 Å². The van der Waals surface area contributed by atoms with Gasteiger partial charge in [0.15, 0.2) is 0 Å². The van der Waals surface area contributed by atoms with Gasteiger partial charge in [-0.15, -0.1) is 0 Å². The average Bonchev–Trinajstić information content (AvgIpc) is 2.63. The average molecular weight is 250 g/mol. The first-order valence-corrected chi connectivity index (χ1v) is 5.51. The topological polar surface area (TPSA) is 42.4 Å². The maximum Gasteiger partial charge on any atom is 0.401 e. The number of nitrogens with two attached hydrogens (primary N) is 1. The Bertz CT molecular complexity index is 336. The van der Waals surface area contributed by atoms with Gasteiger partial charge in [0, 0.05) is 0 Å². The lowest BCUT2D eigenvalue weighted by molar-refractivity contribution is -0.147. The van der Waals surface area contributed by atoms with Gasteiger partial charge in [-0.05, 0) is 25.1 Å². The summed E-state index contributed by atoms with van der Waals surface area (Å²) in [6.07, 6.45) is -3.51. The first kappa shape index (κ1) is 14.1. The van der Waals surface area contributed by atoms with Crippen molar-refractivity contribution in [3.63, 3.8) is 0 Å². The van der Waals surface area contributed by atoms with E-state index in [0.29, 0.717) is 24.5 Å². The zero-order valence-corrected chi connectivity index (χ0v) is 9.76. The predicted molar refractivity (Wildman–Crippen MR) is 58.2 cm³/mol. The highest BCUT2D eigenvalue weighted by atomic mass is 19.4. The zero-order chi connectivity index (χ0) is 12.9. The molecule has 0 fully saturated rings. The zero-order valence-electron chi connectivity index (χ0n) is 9.76. The van der Waals surface area contributed by atoms with Crippen LogP contribution in [0, 0.1) is 0 Å². The van der Waals surface area contributed by atoms with Crippen LogP contribution in [0.15, 0.2) is 16.5 Å². The summed E-state index contributed by atoms with van der Waals surface area (Å²) in [6.45, 7) is 1.73. The Labute approximate surface area is 98.4 Å². The third-order valence-corrected chi connectivity index (χ3v) is 2.24. The van der Waals surface area contributed by atoms with Crippen molar-refractivity contribution in [2.75, 3.05) is 13.1 Å². The number of furan rings is 1.